The summed E-state index contributed by atoms with van der Waals surface area (Å²) in [4.78, 5) is 15.3. The molecule has 0 unspecified atom stereocenters. The monoisotopic (exact) mass is 318 g/mol. The van der Waals surface area contributed by atoms with E-state index in [1.54, 1.807) is 12.1 Å². The van der Waals surface area contributed by atoms with E-state index in [0.29, 0.717) is 29.4 Å². The van der Waals surface area contributed by atoms with Crippen LogP contribution in [0.5, 0.6) is 0 Å². The third kappa shape index (κ3) is 2.92. The molecule has 0 amide bonds. The number of benzene rings is 2. The average Bonchev–Trinajstić information content (AvgIpc) is 2.55. The number of aldehydes is 1. The van der Waals surface area contributed by atoms with Gasteiger partial charge in [0.25, 0.3) is 0 Å². The van der Waals surface area contributed by atoms with E-state index in [4.69, 9.17) is 11.6 Å². The number of nitrogens with zero attached hydrogens (tertiary/aromatic N) is 2. The molecule has 0 N–H and O–H groups in total. The number of hydrogen-bond donors (Lipinski definition) is 0. The molecule has 0 spiro atoms. The van der Waals surface area contributed by atoms with Crippen LogP contribution < -0.4 is 9.80 Å². The van der Waals surface area contributed by atoms with Crippen LogP contribution in [0.25, 0.3) is 0 Å². The van der Waals surface area contributed by atoms with Crippen molar-refractivity contribution >= 4 is 29.3 Å². The molecule has 2 aromatic carbocycles. The second-order valence-corrected chi connectivity index (χ2v) is 5.68. The number of hydrogen-bond acceptors (Lipinski definition) is 3. The number of anilines is 2. The highest BCUT2D eigenvalue weighted by atomic mass is 35.5. The summed E-state index contributed by atoms with van der Waals surface area (Å²) in [5.74, 6) is -0.297. The van der Waals surface area contributed by atoms with Crippen molar-refractivity contribution in [3.63, 3.8) is 0 Å². The molecule has 2 aromatic rings. The topological polar surface area (TPSA) is 23.6 Å². The molecule has 1 heterocycles. The largest absolute Gasteiger partial charge is 0.367 e. The Morgan fingerprint density at radius 1 is 0.955 bits per heavy atom. The maximum Gasteiger partial charge on any atom is 0.152 e. The molecular formula is C17H16ClFN2O. The summed E-state index contributed by atoms with van der Waals surface area (Å²) >= 11 is 5.79. The van der Waals surface area contributed by atoms with E-state index in [-0.39, 0.29) is 5.82 Å². The van der Waals surface area contributed by atoms with Crippen molar-refractivity contribution in [1.82, 2.24) is 0 Å². The first-order chi connectivity index (χ1) is 10.7. The quantitative estimate of drug-likeness (QED) is 0.808. The van der Waals surface area contributed by atoms with E-state index in [0.717, 1.165) is 25.1 Å². The zero-order valence-corrected chi connectivity index (χ0v) is 12.8. The summed E-state index contributed by atoms with van der Waals surface area (Å²) in [7, 11) is 0. The molecule has 3 nitrogen and oxygen atoms in total. The average molecular weight is 319 g/mol. The highest BCUT2D eigenvalue weighted by Crippen LogP contribution is 2.26. The van der Waals surface area contributed by atoms with Crippen molar-refractivity contribution in [2.75, 3.05) is 36.0 Å². The van der Waals surface area contributed by atoms with E-state index in [9.17, 15) is 9.18 Å². The molecule has 22 heavy (non-hydrogen) atoms. The Labute approximate surface area is 133 Å². The van der Waals surface area contributed by atoms with E-state index < -0.39 is 0 Å². The number of piperazine rings is 1. The first-order valence-corrected chi connectivity index (χ1v) is 7.56. The SMILES string of the molecule is O=Cc1ccccc1N1CCN(c2ccc(Cl)cc2F)CC1. The molecule has 0 radical (unpaired) electrons. The van der Waals surface area contributed by atoms with Gasteiger partial charge in [-0.3, -0.25) is 4.79 Å². The molecule has 3 rings (SSSR count). The lowest BCUT2D eigenvalue weighted by Gasteiger charge is -2.37. The predicted octanol–water partition coefficient (Wildman–Crippen LogP) is 3.62. The van der Waals surface area contributed by atoms with Gasteiger partial charge in [0.1, 0.15) is 5.82 Å². The number of para-hydroxylation sites is 1. The highest BCUT2D eigenvalue weighted by molar-refractivity contribution is 6.30. The summed E-state index contributed by atoms with van der Waals surface area (Å²) in [5.41, 5.74) is 2.20. The summed E-state index contributed by atoms with van der Waals surface area (Å²) in [5, 5.41) is 0.403. The molecule has 1 aliphatic rings. The molecule has 0 saturated carbocycles. The van der Waals surface area contributed by atoms with Crippen LogP contribution in [0.1, 0.15) is 10.4 Å². The Morgan fingerprint density at radius 3 is 2.23 bits per heavy atom. The molecule has 1 aliphatic heterocycles. The molecule has 1 fully saturated rings. The Morgan fingerprint density at radius 2 is 1.59 bits per heavy atom. The van der Waals surface area contributed by atoms with Gasteiger partial charge in [-0.05, 0) is 30.3 Å². The van der Waals surface area contributed by atoms with Gasteiger partial charge in [-0.25, -0.2) is 4.39 Å². The minimum Gasteiger partial charge on any atom is -0.367 e. The van der Waals surface area contributed by atoms with Gasteiger partial charge in [-0.2, -0.15) is 0 Å². The summed E-state index contributed by atoms with van der Waals surface area (Å²) in [6, 6.07) is 12.3. The van der Waals surface area contributed by atoms with Crippen LogP contribution in [0.2, 0.25) is 5.02 Å². The van der Waals surface area contributed by atoms with Gasteiger partial charge in [-0.15, -0.1) is 0 Å². The highest BCUT2D eigenvalue weighted by Gasteiger charge is 2.21. The lowest BCUT2D eigenvalue weighted by molar-refractivity contribution is 0.112. The van der Waals surface area contributed by atoms with Gasteiger partial charge < -0.3 is 9.80 Å². The van der Waals surface area contributed by atoms with Crippen molar-refractivity contribution in [2.24, 2.45) is 0 Å². The standard InChI is InChI=1S/C17H16ClFN2O/c18-14-5-6-17(15(19)11-14)21-9-7-20(8-10-21)16-4-2-1-3-13(16)12-22/h1-6,11-12H,7-10H2. The molecule has 0 aliphatic carbocycles. The molecule has 0 aromatic heterocycles. The minimum atomic E-state index is -0.297. The minimum absolute atomic E-state index is 0.297. The van der Waals surface area contributed by atoms with Gasteiger partial charge in [-0.1, -0.05) is 23.7 Å². The van der Waals surface area contributed by atoms with Crippen LogP contribution >= 0.6 is 11.6 Å². The van der Waals surface area contributed by atoms with E-state index in [1.165, 1.54) is 6.07 Å². The van der Waals surface area contributed by atoms with Crippen molar-refractivity contribution in [2.45, 2.75) is 0 Å². The molecule has 1 saturated heterocycles. The maximum atomic E-state index is 14.0. The summed E-state index contributed by atoms with van der Waals surface area (Å²) < 4.78 is 14.0. The molecule has 0 atom stereocenters. The van der Waals surface area contributed by atoms with Crippen LogP contribution in [-0.2, 0) is 0 Å². The van der Waals surface area contributed by atoms with E-state index in [2.05, 4.69) is 4.90 Å². The molecule has 0 bridgehead atoms. The van der Waals surface area contributed by atoms with Crippen LogP contribution in [0.15, 0.2) is 42.5 Å². The van der Waals surface area contributed by atoms with Gasteiger partial charge in [0, 0.05) is 42.5 Å². The fourth-order valence-corrected chi connectivity index (χ4v) is 2.96. The Balaban J connectivity index is 1.74. The van der Waals surface area contributed by atoms with Gasteiger partial charge >= 0.3 is 0 Å². The number of halogens is 2. The lowest BCUT2D eigenvalue weighted by Crippen LogP contribution is -2.47. The third-order valence-electron chi connectivity index (χ3n) is 3.93. The fraction of sp³-hybridized carbons (Fsp3) is 0.235. The van der Waals surface area contributed by atoms with Crippen molar-refractivity contribution in [3.05, 3.63) is 58.9 Å². The summed E-state index contributed by atoms with van der Waals surface area (Å²) in [6.45, 7) is 2.89. The summed E-state index contributed by atoms with van der Waals surface area (Å²) in [6.07, 6.45) is 0.876. The lowest BCUT2D eigenvalue weighted by atomic mass is 10.1. The Kier molecular flexibility index (Phi) is 4.29. The Hall–Kier alpha value is -2.07. The maximum absolute atomic E-state index is 14.0. The molecule has 5 heteroatoms. The number of carbonyl (C=O) groups is 1. The van der Waals surface area contributed by atoms with Crippen LogP contribution in [0.4, 0.5) is 15.8 Å². The second-order valence-electron chi connectivity index (χ2n) is 5.25. The second kappa shape index (κ2) is 6.36. The molecular weight excluding hydrogens is 303 g/mol. The first-order valence-electron chi connectivity index (χ1n) is 7.18. The van der Waals surface area contributed by atoms with Crippen LogP contribution in [0, 0.1) is 5.82 Å². The van der Waals surface area contributed by atoms with Crippen LogP contribution in [0.3, 0.4) is 0 Å². The normalized spacial score (nSPS) is 15.0. The van der Waals surface area contributed by atoms with E-state index in [1.807, 2.05) is 29.2 Å². The van der Waals surface area contributed by atoms with Gasteiger partial charge in [0.2, 0.25) is 0 Å². The zero-order chi connectivity index (χ0) is 15.5. The number of rotatable bonds is 3. The van der Waals surface area contributed by atoms with Crippen molar-refractivity contribution < 1.29 is 9.18 Å². The van der Waals surface area contributed by atoms with Crippen molar-refractivity contribution in [3.8, 4) is 0 Å². The van der Waals surface area contributed by atoms with Gasteiger partial charge in [0.15, 0.2) is 6.29 Å². The third-order valence-corrected chi connectivity index (χ3v) is 4.17. The van der Waals surface area contributed by atoms with Crippen LogP contribution in [-0.4, -0.2) is 32.5 Å². The number of carbonyl (C=O) groups excluding carboxylic acids is 1. The Bertz CT molecular complexity index is 684. The smallest absolute Gasteiger partial charge is 0.152 e. The predicted molar refractivity (Wildman–Crippen MR) is 87.7 cm³/mol. The van der Waals surface area contributed by atoms with Gasteiger partial charge in [0.05, 0.1) is 5.69 Å². The first kappa shape index (κ1) is 14.9. The van der Waals surface area contributed by atoms with E-state index >= 15 is 0 Å². The zero-order valence-electron chi connectivity index (χ0n) is 12.0. The molecule has 114 valence electrons. The van der Waals surface area contributed by atoms with Crippen molar-refractivity contribution in [1.29, 1.82) is 0 Å². The fourth-order valence-electron chi connectivity index (χ4n) is 2.80.